The van der Waals surface area contributed by atoms with Gasteiger partial charge in [0.25, 0.3) is 5.62 Å². The van der Waals surface area contributed by atoms with Crippen molar-refractivity contribution in [3.05, 3.63) is 17.6 Å². The van der Waals surface area contributed by atoms with E-state index in [2.05, 4.69) is 10.1 Å². The molecule has 19 heavy (non-hydrogen) atoms. The Morgan fingerprint density at radius 2 is 2.16 bits per heavy atom. The first-order valence-electron chi connectivity index (χ1n) is 5.34. The molecule has 0 aromatic carbocycles. The highest BCUT2D eigenvalue weighted by atomic mass is 19.1. The number of ether oxygens (including phenoxy) is 1. The lowest BCUT2D eigenvalue weighted by Gasteiger charge is -2.18. The maximum Gasteiger partial charge on any atom is 0.270 e. The molecule has 0 radical (unpaired) electrons. The number of hydrogen-bond donors (Lipinski definition) is 5. The minimum atomic E-state index is -1.45. The van der Waals surface area contributed by atoms with Crippen molar-refractivity contribution in [3.63, 3.8) is 0 Å². The smallest absolute Gasteiger partial charge is 0.270 e. The minimum Gasteiger partial charge on any atom is -0.408 e. The van der Waals surface area contributed by atoms with Crippen LogP contribution in [0.2, 0.25) is 0 Å². The van der Waals surface area contributed by atoms with Gasteiger partial charge in [0, 0.05) is 6.20 Å². The van der Waals surface area contributed by atoms with Crippen LogP contribution in [-0.4, -0.2) is 55.0 Å². The van der Waals surface area contributed by atoms with Crippen molar-refractivity contribution < 1.29 is 29.7 Å². The lowest BCUT2D eigenvalue weighted by molar-refractivity contribution is -0.0564. The van der Waals surface area contributed by atoms with E-state index in [1.807, 2.05) is 0 Å². The van der Waals surface area contributed by atoms with Crippen LogP contribution in [0.3, 0.4) is 0 Å². The molecule has 2 heterocycles. The number of nitrogens with zero attached hydrogens (tertiary/aromatic N) is 3. The Balaban J connectivity index is 2.46. The fraction of sp³-hybridized carbons (Fsp3) is 0.556. The van der Waals surface area contributed by atoms with Gasteiger partial charge in [-0.25, -0.2) is 4.39 Å². The Morgan fingerprint density at radius 3 is 2.68 bits per heavy atom. The fourth-order valence-corrected chi connectivity index (χ4v) is 1.84. The minimum absolute atomic E-state index is 0.409. The van der Waals surface area contributed by atoms with E-state index in [0.717, 1.165) is 10.8 Å². The van der Waals surface area contributed by atoms with Crippen molar-refractivity contribution in [2.45, 2.75) is 24.5 Å². The van der Waals surface area contributed by atoms with Crippen molar-refractivity contribution in [1.29, 1.82) is 0 Å². The largest absolute Gasteiger partial charge is 0.408 e. The number of aliphatic hydroxyl groups excluding tert-OH is 3. The second kappa shape index (κ2) is 5.09. The van der Waals surface area contributed by atoms with Gasteiger partial charge in [0.15, 0.2) is 17.9 Å². The molecule has 0 saturated carbocycles. The van der Waals surface area contributed by atoms with Crippen LogP contribution in [0.25, 0.3) is 0 Å². The number of anilines is 1. The summed E-state index contributed by atoms with van der Waals surface area (Å²) < 4.78 is 19.4. The van der Waals surface area contributed by atoms with E-state index in [1.165, 1.54) is 0 Å². The first-order valence-corrected chi connectivity index (χ1v) is 5.34. The van der Waals surface area contributed by atoms with E-state index >= 15 is 0 Å². The van der Waals surface area contributed by atoms with Crippen molar-refractivity contribution in [3.8, 4) is 0 Å². The number of nitrogen functional groups attached to an aromatic ring is 1. The molecule has 2 rings (SSSR count). The second-order valence-corrected chi connectivity index (χ2v) is 4.01. The van der Waals surface area contributed by atoms with E-state index in [9.17, 15) is 14.6 Å². The summed E-state index contributed by atoms with van der Waals surface area (Å²) in [4.78, 5) is 3.46. The van der Waals surface area contributed by atoms with Crippen molar-refractivity contribution >= 4 is 5.82 Å². The molecule has 1 saturated heterocycles. The van der Waals surface area contributed by atoms with Crippen LogP contribution >= 0.6 is 0 Å². The molecule has 0 spiro atoms. The van der Waals surface area contributed by atoms with Gasteiger partial charge in [-0.2, -0.15) is 4.98 Å². The summed E-state index contributed by atoms with van der Waals surface area (Å²) >= 11 is 0. The monoisotopic (exact) mass is 276 g/mol. The van der Waals surface area contributed by atoms with Gasteiger partial charge in [-0.05, 0) is 5.16 Å². The van der Waals surface area contributed by atoms with E-state index in [-0.39, 0.29) is 0 Å². The third-order valence-corrected chi connectivity index (χ3v) is 2.83. The molecule has 10 heteroatoms. The number of aliphatic hydroxyl groups is 3. The van der Waals surface area contributed by atoms with Crippen LogP contribution in [0.15, 0.2) is 11.4 Å². The maximum atomic E-state index is 13.4. The molecule has 0 aliphatic carbocycles. The van der Waals surface area contributed by atoms with Crippen molar-refractivity contribution in [2.24, 2.45) is 5.16 Å². The molecule has 0 amide bonds. The van der Waals surface area contributed by atoms with E-state index in [4.69, 9.17) is 20.8 Å². The van der Waals surface area contributed by atoms with E-state index in [1.54, 1.807) is 0 Å². The molecule has 6 N–H and O–H groups in total. The number of aromatic nitrogens is 2. The van der Waals surface area contributed by atoms with Gasteiger partial charge >= 0.3 is 0 Å². The van der Waals surface area contributed by atoms with Gasteiger partial charge in [-0.15, -0.1) is 0 Å². The quantitative estimate of drug-likeness (QED) is 0.296. The molecular formula is C9H13FN4O5. The average molecular weight is 276 g/mol. The van der Waals surface area contributed by atoms with Crippen LogP contribution in [0, 0.1) is 5.82 Å². The molecule has 0 unspecified atom stereocenters. The maximum absolute atomic E-state index is 13.4. The average Bonchev–Trinajstić information content (AvgIpc) is 2.69. The van der Waals surface area contributed by atoms with Gasteiger partial charge in [0.05, 0.1) is 6.61 Å². The van der Waals surface area contributed by atoms with Crippen molar-refractivity contribution in [2.75, 3.05) is 12.3 Å². The zero-order valence-electron chi connectivity index (χ0n) is 9.59. The van der Waals surface area contributed by atoms with E-state index in [0.29, 0.717) is 0 Å². The first kappa shape index (κ1) is 13.7. The Morgan fingerprint density at radius 1 is 1.47 bits per heavy atom. The van der Waals surface area contributed by atoms with Crippen LogP contribution in [0.5, 0.6) is 0 Å². The molecule has 1 aliphatic rings. The van der Waals surface area contributed by atoms with Gasteiger partial charge in [-0.1, -0.05) is 0 Å². The zero-order valence-corrected chi connectivity index (χ0v) is 9.59. The molecule has 9 nitrogen and oxygen atoms in total. The molecule has 0 bridgehead atoms. The van der Waals surface area contributed by atoms with Crippen LogP contribution in [0.4, 0.5) is 10.2 Å². The summed E-state index contributed by atoms with van der Waals surface area (Å²) in [7, 11) is 0. The number of rotatable bonds is 2. The Bertz CT molecular complexity index is 536. The van der Waals surface area contributed by atoms with Crippen molar-refractivity contribution in [1.82, 2.24) is 9.55 Å². The van der Waals surface area contributed by atoms with Gasteiger partial charge in [0.2, 0.25) is 0 Å². The van der Waals surface area contributed by atoms with Gasteiger partial charge in [-0.3, -0.25) is 4.57 Å². The topological polar surface area (TPSA) is 146 Å². The Kier molecular flexibility index (Phi) is 3.66. The third-order valence-electron chi connectivity index (χ3n) is 2.83. The fourth-order valence-electron chi connectivity index (χ4n) is 1.84. The summed E-state index contributed by atoms with van der Waals surface area (Å²) in [6.07, 6.45) is -4.31. The number of halogens is 1. The third kappa shape index (κ3) is 2.26. The Hall–Kier alpha value is -1.75. The predicted octanol–water partition coefficient (Wildman–Crippen LogP) is -2.49. The molecule has 106 valence electrons. The highest BCUT2D eigenvalue weighted by molar-refractivity contribution is 5.26. The van der Waals surface area contributed by atoms with Gasteiger partial charge < -0.3 is 31.0 Å². The number of hydrogen-bond acceptors (Lipinski definition) is 8. The standard InChI is InChI=1S/C9H13FN4O5/c10-3-1-14(9(13-18)12-7(3)11)8-6(17)5(16)4(2-15)19-8/h1,4-6,8,15-18H,2H2,(H2,11,12,13)/t4-,5-,6-,8-/m1/s1. The predicted molar refractivity (Wildman–Crippen MR) is 57.0 cm³/mol. The molecule has 1 aliphatic heterocycles. The molecule has 1 fully saturated rings. The van der Waals surface area contributed by atoms with Gasteiger partial charge in [0.1, 0.15) is 18.3 Å². The van der Waals surface area contributed by atoms with E-state index < -0.39 is 48.4 Å². The molecule has 1 aromatic rings. The summed E-state index contributed by atoms with van der Waals surface area (Å²) in [6, 6.07) is 0. The van der Waals surface area contributed by atoms with Crippen LogP contribution in [0.1, 0.15) is 6.23 Å². The summed E-state index contributed by atoms with van der Waals surface area (Å²) in [6.45, 7) is -0.536. The summed E-state index contributed by atoms with van der Waals surface area (Å²) in [5, 5.41) is 39.9. The summed E-state index contributed by atoms with van der Waals surface area (Å²) in [5.74, 6) is -1.40. The lowest BCUT2D eigenvalue weighted by Crippen LogP contribution is -2.37. The normalized spacial score (nSPS) is 31.9. The highest BCUT2D eigenvalue weighted by Crippen LogP contribution is 2.28. The molecular weight excluding hydrogens is 263 g/mol. The second-order valence-electron chi connectivity index (χ2n) is 4.01. The lowest BCUT2D eigenvalue weighted by atomic mass is 10.1. The zero-order chi connectivity index (χ0) is 14.2. The Labute approximate surface area is 106 Å². The summed E-state index contributed by atoms with van der Waals surface area (Å²) in [5.41, 5.74) is 4.81. The SMILES string of the molecule is Nc1n/c(=N\O)n([C@@H]2O[C@H](CO)[C@@H](O)[C@H]2O)cc1F. The highest BCUT2D eigenvalue weighted by Gasteiger charge is 2.43. The van der Waals surface area contributed by atoms with Crippen LogP contribution < -0.4 is 11.4 Å². The molecule has 4 atom stereocenters. The first-order chi connectivity index (χ1) is 8.99. The molecule has 1 aromatic heterocycles. The van der Waals surface area contributed by atoms with Crippen LogP contribution in [-0.2, 0) is 4.74 Å². The number of nitrogens with two attached hydrogens (primary N) is 1.